The van der Waals surface area contributed by atoms with E-state index in [1.165, 1.54) is 10.8 Å². The van der Waals surface area contributed by atoms with E-state index in [2.05, 4.69) is 25.2 Å². The van der Waals surface area contributed by atoms with Gasteiger partial charge in [0, 0.05) is 41.9 Å². The Balaban J connectivity index is 1.43. The molecule has 11 heteroatoms. The highest BCUT2D eigenvalue weighted by Gasteiger charge is 2.16. The zero-order chi connectivity index (χ0) is 24.5. The first-order valence-corrected chi connectivity index (χ1v) is 11.3. The van der Waals surface area contributed by atoms with E-state index < -0.39 is 5.69 Å². The third kappa shape index (κ3) is 4.53. The largest absolute Gasteiger partial charge is 0.378 e. The van der Waals surface area contributed by atoms with Gasteiger partial charge in [-0.1, -0.05) is 11.6 Å². The number of amides is 1. The second-order valence-electron chi connectivity index (χ2n) is 8.05. The number of nitrogens with zero attached hydrogens (tertiary/aromatic N) is 5. The van der Waals surface area contributed by atoms with Crippen molar-refractivity contribution in [3.63, 3.8) is 0 Å². The highest BCUT2D eigenvalue weighted by Crippen LogP contribution is 2.26. The molecule has 1 aliphatic heterocycles. The zero-order valence-corrected chi connectivity index (χ0v) is 19.6. The lowest BCUT2D eigenvalue weighted by atomic mass is 10.1. The number of carbonyl (C=O) groups excluding carboxylic acids is 1. The van der Waals surface area contributed by atoms with Gasteiger partial charge in [-0.05, 0) is 49.4 Å². The molecule has 0 spiro atoms. The van der Waals surface area contributed by atoms with Crippen LogP contribution in [-0.4, -0.2) is 51.7 Å². The average Bonchev–Trinajstić information content (AvgIpc) is 2.86. The lowest BCUT2D eigenvalue weighted by Gasteiger charge is -2.28. The number of morpholine rings is 1. The topological polar surface area (TPSA) is 128 Å². The molecule has 1 saturated heterocycles. The van der Waals surface area contributed by atoms with Gasteiger partial charge in [-0.15, -0.1) is 0 Å². The molecule has 2 aromatic carbocycles. The molecule has 35 heavy (non-hydrogen) atoms. The molecule has 178 valence electrons. The Bertz CT molecular complexity index is 1480. The quantitative estimate of drug-likeness (QED) is 0.446. The summed E-state index contributed by atoms with van der Waals surface area (Å²) in [6.45, 7) is 4.76. The highest BCUT2D eigenvalue weighted by molar-refractivity contribution is 6.32. The second-order valence-corrected chi connectivity index (χ2v) is 8.45. The Morgan fingerprint density at radius 1 is 1.11 bits per heavy atom. The summed E-state index contributed by atoms with van der Waals surface area (Å²) in [5.41, 5.74) is 8.20. The van der Waals surface area contributed by atoms with Crippen LogP contribution in [0.3, 0.4) is 0 Å². The van der Waals surface area contributed by atoms with E-state index in [0.29, 0.717) is 46.3 Å². The molecule has 0 atom stereocenters. The molecule has 0 saturated carbocycles. The van der Waals surface area contributed by atoms with Gasteiger partial charge >= 0.3 is 5.69 Å². The van der Waals surface area contributed by atoms with E-state index in [-0.39, 0.29) is 17.5 Å². The van der Waals surface area contributed by atoms with Crippen molar-refractivity contribution in [2.75, 3.05) is 42.3 Å². The van der Waals surface area contributed by atoms with Gasteiger partial charge in [0.2, 0.25) is 5.95 Å². The van der Waals surface area contributed by atoms with E-state index in [1.54, 1.807) is 37.3 Å². The standard InChI is InChI=1S/C24H22ClN7O3/c1-14-18-13-27-23(26)29-21(18)30-24(34)32(14)20-12-16(4-7-19(20)25)28-22(33)15-2-5-17(6-3-15)31-8-10-35-11-9-31/h2-7,12-13H,8-11H2,1H3,(H,28,33)(H2,26,29,30,34). The number of nitrogen functional groups attached to an aromatic ring is 1. The number of aromatic nitrogens is 4. The predicted octanol–water partition coefficient (Wildman–Crippen LogP) is 2.81. The van der Waals surface area contributed by atoms with Crippen LogP contribution in [0.25, 0.3) is 16.7 Å². The first-order chi connectivity index (χ1) is 16.9. The summed E-state index contributed by atoms with van der Waals surface area (Å²) >= 11 is 6.43. The van der Waals surface area contributed by atoms with E-state index in [9.17, 15) is 9.59 Å². The number of benzene rings is 2. The van der Waals surface area contributed by atoms with Crippen LogP contribution in [0, 0.1) is 6.92 Å². The molecule has 0 unspecified atom stereocenters. The van der Waals surface area contributed by atoms with Crippen LogP contribution >= 0.6 is 11.6 Å². The normalized spacial score (nSPS) is 13.7. The summed E-state index contributed by atoms with van der Waals surface area (Å²) in [5.74, 6) is -0.251. The van der Waals surface area contributed by atoms with Crippen LogP contribution in [-0.2, 0) is 4.74 Å². The monoisotopic (exact) mass is 491 g/mol. The fraction of sp³-hybridized carbons (Fsp3) is 0.208. The van der Waals surface area contributed by atoms with Crippen LogP contribution in [0.2, 0.25) is 5.02 Å². The van der Waals surface area contributed by atoms with Crippen molar-refractivity contribution in [2.45, 2.75) is 6.92 Å². The summed E-state index contributed by atoms with van der Waals surface area (Å²) in [5, 5.41) is 3.75. The number of nitrogens with one attached hydrogen (secondary N) is 1. The van der Waals surface area contributed by atoms with Crippen LogP contribution in [0.5, 0.6) is 0 Å². The molecule has 2 aromatic heterocycles. The molecule has 0 radical (unpaired) electrons. The van der Waals surface area contributed by atoms with E-state index >= 15 is 0 Å². The SMILES string of the molecule is Cc1c2cnc(N)nc2nc(=O)n1-c1cc(NC(=O)c2ccc(N3CCOCC3)cc2)ccc1Cl. The van der Waals surface area contributed by atoms with Gasteiger partial charge < -0.3 is 20.7 Å². The van der Waals surface area contributed by atoms with Gasteiger partial charge in [-0.2, -0.15) is 9.97 Å². The number of carbonyl (C=O) groups is 1. The van der Waals surface area contributed by atoms with Gasteiger partial charge in [-0.25, -0.2) is 9.78 Å². The van der Waals surface area contributed by atoms with Gasteiger partial charge in [0.05, 0.1) is 29.3 Å². The third-order valence-electron chi connectivity index (χ3n) is 5.86. The van der Waals surface area contributed by atoms with Crippen molar-refractivity contribution in [1.29, 1.82) is 0 Å². The molecule has 0 aliphatic carbocycles. The maximum Gasteiger partial charge on any atom is 0.354 e. The molecular formula is C24H22ClN7O3. The molecule has 1 amide bonds. The summed E-state index contributed by atoms with van der Waals surface area (Å²) in [6.07, 6.45) is 1.51. The minimum absolute atomic E-state index is 0.0299. The van der Waals surface area contributed by atoms with Gasteiger partial charge in [0.15, 0.2) is 5.65 Å². The molecule has 1 fully saturated rings. The lowest BCUT2D eigenvalue weighted by Crippen LogP contribution is -2.36. The Morgan fingerprint density at radius 3 is 2.60 bits per heavy atom. The molecule has 0 bridgehead atoms. The van der Waals surface area contributed by atoms with Gasteiger partial charge in [0.1, 0.15) is 0 Å². The predicted molar refractivity (Wildman–Crippen MR) is 135 cm³/mol. The van der Waals surface area contributed by atoms with Crippen molar-refractivity contribution in [3.8, 4) is 5.69 Å². The van der Waals surface area contributed by atoms with Crippen LogP contribution < -0.4 is 21.6 Å². The fourth-order valence-electron chi connectivity index (χ4n) is 4.02. The number of rotatable bonds is 4. The number of nitrogens with two attached hydrogens (primary N) is 1. The number of halogens is 1. The zero-order valence-electron chi connectivity index (χ0n) is 18.9. The second kappa shape index (κ2) is 9.32. The lowest BCUT2D eigenvalue weighted by molar-refractivity contribution is 0.102. The van der Waals surface area contributed by atoms with Crippen molar-refractivity contribution in [3.05, 3.63) is 75.4 Å². The third-order valence-corrected chi connectivity index (χ3v) is 6.18. The first-order valence-electron chi connectivity index (χ1n) is 11.0. The van der Waals surface area contributed by atoms with Crippen molar-refractivity contribution in [1.82, 2.24) is 19.5 Å². The highest BCUT2D eigenvalue weighted by atomic mass is 35.5. The Kier molecular flexibility index (Phi) is 6.06. The van der Waals surface area contributed by atoms with E-state index in [1.807, 2.05) is 12.1 Å². The van der Waals surface area contributed by atoms with Crippen molar-refractivity contribution >= 4 is 45.9 Å². The Hall–Kier alpha value is -4.02. The van der Waals surface area contributed by atoms with Gasteiger partial charge in [0.25, 0.3) is 5.91 Å². The first kappa shape index (κ1) is 22.8. The number of hydrogen-bond donors (Lipinski definition) is 2. The van der Waals surface area contributed by atoms with E-state index in [0.717, 1.165) is 18.8 Å². The average molecular weight is 492 g/mol. The summed E-state index contributed by atoms with van der Waals surface area (Å²) in [6, 6.07) is 12.3. The minimum atomic E-state index is -0.572. The Morgan fingerprint density at radius 2 is 1.86 bits per heavy atom. The smallest absolute Gasteiger partial charge is 0.354 e. The number of hydrogen-bond acceptors (Lipinski definition) is 8. The Labute approximate surface area is 205 Å². The molecule has 1 aliphatic rings. The summed E-state index contributed by atoms with van der Waals surface area (Å²) in [7, 11) is 0. The number of aryl methyl sites for hydroxylation is 1. The minimum Gasteiger partial charge on any atom is -0.378 e. The summed E-state index contributed by atoms with van der Waals surface area (Å²) < 4.78 is 6.75. The molecule has 10 nitrogen and oxygen atoms in total. The fourth-order valence-corrected chi connectivity index (χ4v) is 4.23. The van der Waals surface area contributed by atoms with Crippen LogP contribution in [0.15, 0.2) is 53.5 Å². The number of ether oxygens (including phenoxy) is 1. The number of anilines is 3. The number of fused-ring (bicyclic) bond motifs is 1. The molecule has 3 heterocycles. The molecule has 5 rings (SSSR count). The van der Waals surface area contributed by atoms with Crippen LogP contribution in [0.1, 0.15) is 16.1 Å². The van der Waals surface area contributed by atoms with Crippen molar-refractivity contribution in [2.24, 2.45) is 0 Å². The maximum absolute atomic E-state index is 12.9. The molecule has 3 N–H and O–H groups in total. The molecular weight excluding hydrogens is 470 g/mol. The van der Waals surface area contributed by atoms with Gasteiger partial charge in [-0.3, -0.25) is 9.36 Å². The molecule has 4 aromatic rings. The maximum atomic E-state index is 12.9. The summed E-state index contributed by atoms with van der Waals surface area (Å²) in [4.78, 5) is 40.0. The van der Waals surface area contributed by atoms with E-state index in [4.69, 9.17) is 22.1 Å². The van der Waals surface area contributed by atoms with Crippen LogP contribution in [0.4, 0.5) is 17.3 Å². The van der Waals surface area contributed by atoms with Crippen molar-refractivity contribution < 1.29 is 9.53 Å².